The minimum atomic E-state index is -0.626. The zero-order valence-electron chi connectivity index (χ0n) is 10.2. The first-order valence-corrected chi connectivity index (χ1v) is 5.38. The Morgan fingerprint density at radius 2 is 2.06 bits per heavy atom. The van der Waals surface area contributed by atoms with Gasteiger partial charge in [-0.05, 0) is 12.1 Å². The minimum Gasteiger partial charge on any atom is -0.497 e. The summed E-state index contributed by atoms with van der Waals surface area (Å²) in [7, 11) is 3.19. The van der Waals surface area contributed by atoms with Crippen molar-refractivity contribution >= 4 is 0 Å². The molecular formula is C12H19NO4. The molecule has 0 radical (unpaired) electrons. The highest BCUT2D eigenvalue weighted by molar-refractivity contribution is 5.40. The molecule has 5 heteroatoms. The quantitative estimate of drug-likeness (QED) is 0.729. The van der Waals surface area contributed by atoms with Crippen molar-refractivity contribution < 1.29 is 19.3 Å². The number of ether oxygens (including phenoxy) is 3. The summed E-state index contributed by atoms with van der Waals surface area (Å²) in [4.78, 5) is 0. The van der Waals surface area contributed by atoms with Crippen LogP contribution in [0.1, 0.15) is 5.56 Å². The van der Waals surface area contributed by atoms with Crippen LogP contribution in [0.4, 0.5) is 0 Å². The van der Waals surface area contributed by atoms with Crippen LogP contribution in [0.2, 0.25) is 0 Å². The van der Waals surface area contributed by atoms with Crippen molar-refractivity contribution in [2.45, 2.75) is 12.7 Å². The highest BCUT2D eigenvalue weighted by Crippen LogP contribution is 2.25. The van der Waals surface area contributed by atoms with E-state index in [9.17, 15) is 5.11 Å². The van der Waals surface area contributed by atoms with Gasteiger partial charge in [-0.3, -0.25) is 0 Å². The van der Waals surface area contributed by atoms with Gasteiger partial charge in [-0.25, -0.2) is 0 Å². The molecule has 5 nitrogen and oxygen atoms in total. The van der Waals surface area contributed by atoms with Crippen molar-refractivity contribution in [3.05, 3.63) is 23.8 Å². The summed E-state index contributed by atoms with van der Waals surface area (Å²) in [6.45, 7) is 0.773. The Kier molecular flexibility index (Phi) is 5.76. The Hall–Kier alpha value is -1.30. The second-order valence-electron chi connectivity index (χ2n) is 3.58. The summed E-state index contributed by atoms with van der Waals surface area (Å²) < 4.78 is 15.7. The highest BCUT2D eigenvalue weighted by atomic mass is 16.5. The lowest BCUT2D eigenvalue weighted by Crippen LogP contribution is -2.25. The maximum absolute atomic E-state index is 9.24. The van der Waals surface area contributed by atoms with Gasteiger partial charge in [0.05, 0.1) is 33.5 Å². The van der Waals surface area contributed by atoms with Crippen molar-refractivity contribution in [3.8, 4) is 11.5 Å². The zero-order valence-corrected chi connectivity index (χ0v) is 10.2. The maximum atomic E-state index is 9.24. The lowest BCUT2D eigenvalue weighted by Gasteiger charge is -2.12. The average Bonchev–Trinajstić information content (AvgIpc) is 2.38. The van der Waals surface area contributed by atoms with Crippen LogP contribution in [0.3, 0.4) is 0 Å². The molecule has 0 aromatic heterocycles. The third kappa shape index (κ3) is 4.22. The van der Waals surface area contributed by atoms with Crippen LogP contribution in [0.25, 0.3) is 0 Å². The van der Waals surface area contributed by atoms with E-state index in [1.165, 1.54) is 0 Å². The largest absolute Gasteiger partial charge is 0.497 e. The highest BCUT2D eigenvalue weighted by Gasteiger charge is 2.06. The van der Waals surface area contributed by atoms with Gasteiger partial charge in [0.15, 0.2) is 0 Å². The topological polar surface area (TPSA) is 73.9 Å². The van der Waals surface area contributed by atoms with Gasteiger partial charge in [0.2, 0.25) is 0 Å². The predicted molar refractivity (Wildman–Crippen MR) is 64.3 cm³/mol. The Morgan fingerprint density at radius 1 is 1.29 bits per heavy atom. The number of hydrogen-bond acceptors (Lipinski definition) is 5. The summed E-state index contributed by atoms with van der Waals surface area (Å²) in [5.74, 6) is 1.43. The number of rotatable bonds is 7. The van der Waals surface area contributed by atoms with Crippen LogP contribution >= 0.6 is 0 Å². The molecule has 0 heterocycles. The fourth-order valence-electron chi connectivity index (χ4n) is 1.34. The number of aliphatic hydroxyl groups excluding tert-OH is 1. The molecule has 0 aliphatic heterocycles. The van der Waals surface area contributed by atoms with E-state index < -0.39 is 6.10 Å². The molecular weight excluding hydrogens is 222 g/mol. The summed E-state index contributed by atoms with van der Waals surface area (Å²) in [5.41, 5.74) is 6.17. The summed E-state index contributed by atoms with van der Waals surface area (Å²) >= 11 is 0. The molecule has 0 unspecified atom stereocenters. The number of nitrogens with two attached hydrogens (primary N) is 1. The van der Waals surface area contributed by atoms with Crippen LogP contribution in [-0.2, 0) is 11.3 Å². The molecule has 3 N–H and O–H groups in total. The molecule has 0 spiro atoms. The van der Waals surface area contributed by atoms with E-state index in [4.69, 9.17) is 19.9 Å². The van der Waals surface area contributed by atoms with Gasteiger partial charge in [0, 0.05) is 18.2 Å². The summed E-state index contributed by atoms with van der Waals surface area (Å²) in [5, 5.41) is 9.24. The monoisotopic (exact) mass is 241 g/mol. The first kappa shape index (κ1) is 13.8. The predicted octanol–water partition coefficient (Wildman–Crippen LogP) is 0.540. The first-order chi connectivity index (χ1) is 8.21. The molecule has 1 atom stereocenters. The molecule has 17 heavy (non-hydrogen) atoms. The number of benzene rings is 1. The van der Waals surface area contributed by atoms with Crippen molar-refractivity contribution in [1.82, 2.24) is 0 Å². The smallest absolute Gasteiger partial charge is 0.128 e. The standard InChI is InChI=1S/C12H19NO4/c1-15-11-4-3-9(12(5-11)16-2)7-17-8-10(14)6-13/h3-5,10,14H,6-8,13H2,1-2H3/t10-/m1/s1. The van der Waals surface area contributed by atoms with Gasteiger partial charge in [0.25, 0.3) is 0 Å². The number of hydrogen-bond donors (Lipinski definition) is 2. The van der Waals surface area contributed by atoms with Crippen LogP contribution in [0.5, 0.6) is 11.5 Å². The fourth-order valence-corrected chi connectivity index (χ4v) is 1.34. The first-order valence-electron chi connectivity index (χ1n) is 5.38. The van der Waals surface area contributed by atoms with Gasteiger partial charge in [-0.2, -0.15) is 0 Å². The van der Waals surface area contributed by atoms with E-state index >= 15 is 0 Å². The SMILES string of the molecule is COc1ccc(COC[C@H](O)CN)c(OC)c1. The van der Waals surface area contributed by atoms with Crippen molar-refractivity contribution in [3.63, 3.8) is 0 Å². The third-order valence-electron chi connectivity index (χ3n) is 2.33. The van der Waals surface area contributed by atoms with E-state index in [2.05, 4.69) is 0 Å². The van der Waals surface area contributed by atoms with E-state index in [0.29, 0.717) is 12.4 Å². The Balaban J connectivity index is 2.58. The van der Waals surface area contributed by atoms with Gasteiger partial charge >= 0.3 is 0 Å². The normalized spacial score (nSPS) is 12.2. The molecule has 1 aromatic carbocycles. The van der Waals surface area contributed by atoms with Crippen molar-refractivity contribution in [1.29, 1.82) is 0 Å². The van der Waals surface area contributed by atoms with E-state index in [-0.39, 0.29) is 13.2 Å². The molecule has 0 amide bonds. The van der Waals surface area contributed by atoms with Crippen LogP contribution < -0.4 is 15.2 Å². The van der Waals surface area contributed by atoms with Crippen molar-refractivity contribution in [2.24, 2.45) is 5.73 Å². The Bertz CT molecular complexity index is 343. The van der Waals surface area contributed by atoms with E-state index in [1.807, 2.05) is 12.1 Å². The number of methoxy groups -OCH3 is 2. The minimum absolute atomic E-state index is 0.194. The second-order valence-corrected chi connectivity index (χ2v) is 3.58. The Labute approximate surface area is 101 Å². The average molecular weight is 241 g/mol. The molecule has 0 bridgehead atoms. The third-order valence-corrected chi connectivity index (χ3v) is 2.33. The maximum Gasteiger partial charge on any atom is 0.128 e. The number of aliphatic hydroxyl groups is 1. The van der Waals surface area contributed by atoms with Crippen LogP contribution in [0.15, 0.2) is 18.2 Å². The zero-order chi connectivity index (χ0) is 12.7. The lowest BCUT2D eigenvalue weighted by molar-refractivity contribution is 0.0322. The molecule has 1 rings (SSSR count). The van der Waals surface area contributed by atoms with Gasteiger partial charge in [-0.15, -0.1) is 0 Å². The summed E-state index contributed by atoms with van der Waals surface area (Å²) in [6.07, 6.45) is -0.626. The molecule has 0 fully saturated rings. The molecule has 96 valence electrons. The fraction of sp³-hybridized carbons (Fsp3) is 0.500. The lowest BCUT2D eigenvalue weighted by atomic mass is 10.2. The van der Waals surface area contributed by atoms with Gasteiger partial charge < -0.3 is 25.1 Å². The van der Waals surface area contributed by atoms with Crippen molar-refractivity contribution in [2.75, 3.05) is 27.4 Å². The molecule has 0 saturated heterocycles. The van der Waals surface area contributed by atoms with E-state index in [1.54, 1.807) is 20.3 Å². The van der Waals surface area contributed by atoms with E-state index in [0.717, 1.165) is 11.3 Å². The molecule has 0 saturated carbocycles. The molecule has 0 aliphatic carbocycles. The second kappa shape index (κ2) is 7.11. The van der Waals surface area contributed by atoms with Crippen LogP contribution in [-0.4, -0.2) is 38.6 Å². The summed E-state index contributed by atoms with van der Waals surface area (Å²) in [6, 6.07) is 5.49. The van der Waals surface area contributed by atoms with Gasteiger partial charge in [-0.1, -0.05) is 0 Å². The molecule has 0 aliphatic rings. The molecule has 1 aromatic rings. The Morgan fingerprint density at radius 3 is 2.65 bits per heavy atom. The van der Waals surface area contributed by atoms with Gasteiger partial charge in [0.1, 0.15) is 11.5 Å². The van der Waals surface area contributed by atoms with Crippen LogP contribution in [0, 0.1) is 0 Å².